The number of carbonyl (C=O) groups excluding carboxylic acids is 2. The first kappa shape index (κ1) is 9.50. The van der Waals surface area contributed by atoms with Crippen LogP contribution in [0, 0.1) is 5.92 Å². The molecule has 0 aromatic rings. The number of imide groups is 1. The Hall–Kier alpha value is -1.59. The summed E-state index contributed by atoms with van der Waals surface area (Å²) in [5.41, 5.74) is 0. The Morgan fingerprint density at radius 1 is 1.54 bits per heavy atom. The number of carbonyl (C=O) groups is 3. The largest absolute Gasteiger partial charge is 0.480 e. The molecule has 6 heteroatoms. The molecule has 1 rings (SSSR count). The van der Waals surface area contributed by atoms with Gasteiger partial charge in [-0.2, -0.15) is 0 Å². The van der Waals surface area contributed by atoms with E-state index in [1.54, 1.807) is 6.92 Å². The average molecular weight is 186 g/mol. The van der Waals surface area contributed by atoms with Crippen LogP contribution in [0.4, 0.5) is 4.79 Å². The van der Waals surface area contributed by atoms with Crippen LogP contribution in [-0.4, -0.2) is 29.1 Å². The number of rotatable bonds is 2. The Kier molecular flexibility index (Phi) is 2.50. The number of nitrogens with one attached hydrogen (secondary N) is 2. The maximum absolute atomic E-state index is 11.1. The fourth-order valence-electron chi connectivity index (χ4n) is 1.29. The predicted molar refractivity (Wildman–Crippen MR) is 41.9 cm³/mol. The molecule has 0 saturated carbocycles. The van der Waals surface area contributed by atoms with Crippen LogP contribution in [0.1, 0.15) is 13.3 Å². The number of hydrogen-bond acceptors (Lipinski definition) is 3. The number of carboxylic acids is 1. The number of carboxylic acid groups (broad SMARTS) is 1. The van der Waals surface area contributed by atoms with Crippen LogP contribution in [0.15, 0.2) is 0 Å². The second-order valence-electron chi connectivity index (χ2n) is 2.79. The van der Waals surface area contributed by atoms with E-state index in [9.17, 15) is 14.4 Å². The molecule has 0 spiro atoms. The lowest BCUT2D eigenvalue weighted by Crippen LogP contribution is -2.60. The minimum Gasteiger partial charge on any atom is -0.480 e. The van der Waals surface area contributed by atoms with Crippen molar-refractivity contribution in [3.8, 4) is 0 Å². The topological polar surface area (TPSA) is 95.5 Å². The lowest BCUT2D eigenvalue weighted by atomic mass is 9.94. The van der Waals surface area contributed by atoms with Crippen LogP contribution in [0.3, 0.4) is 0 Å². The van der Waals surface area contributed by atoms with Crippen molar-refractivity contribution in [1.29, 1.82) is 0 Å². The van der Waals surface area contributed by atoms with Gasteiger partial charge in [0.1, 0.15) is 6.04 Å². The van der Waals surface area contributed by atoms with Crippen molar-refractivity contribution in [2.45, 2.75) is 19.4 Å². The van der Waals surface area contributed by atoms with Crippen LogP contribution in [0.2, 0.25) is 0 Å². The highest BCUT2D eigenvalue weighted by atomic mass is 16.4. The molecule has 0 aromatic carbocycles. The average Bonchev–Trinajstić information content (AvgIpc) is 2.02. The Bertz CT molecular complexity index is 263. The fourth-order valence-corrected chi connectivity index (χ4v) is 1.29. The van der Waals surface area contributed by atoms with Gasteiger partial charge in [0.2, 0.25) is 5.91 Å². The van der Waals surface area contributed by atoms with Crippen LogP contribution >= 0.6 is 0 Å². The zero-order chi connectivity index (χ0) is 10.0. The van der Waals surface area contributed by atoms with Crippen molar-refractivity contribution in [2.75, 3.05) is 0 Å². The van der Waals surface area contributed by atoms with Gasteiger partial charge in [-0.15, -0.1) is 0 Å². The quantitative estimate of drug-likeness (QED) is 0.531. The molecule has 13 heavy (non-hydrogen) atoms. The summed E-state index contributed by atoms with van der Waals surface area (Å²) in [4.78, 5) is 32.5. The van der Waals surface area contributed by atoms with Crippen molar-refractivity contribution in [1.82, 2.24) is 10.6 Å². The summed E-state index contributed by atoms with van der Waals surface area (Å²) in [6, 6.07) is -1.85. The molecular formula is C7H10N2O4. The highest BCUT2D eigenvalue weighted by molar-refractivity contribution is 6.02. The molecule has 1 aliphatic heterocycles. The summed E-state index contributed by atoms with van der Waals surface area (Å²) in [5, 5.41) is 12.9. The maximum atomic E-state index is 11.1. The van der Waals surface area contributed by atoms with E-state index in [1.165, 1.54) is 0 Å². The van der Waals surface area contributed by atoms with Crippen molar-refractivity contribution >= 4 is 17.9 Å². The van der Waals surface area contributed by atoms with E-state index in [0.717, 1.165) is 0 Å². The standard InChI is InChI=1S/C7H10N2O4/c1-2-3-4(6(11)12)8-7(13)9-5(3)10/h3-4H,2H2,1H3,(H,11,12)(H2,8,9,10,13)/t3-,4+/m1/s1. The minimum atomic E-state index is -1.19. The van der Waals surface area contributed by atoms with E-state index in [-0.39, 0.29) is 0 Å². The van der Waals surface area contributed by atoms with Crippen LogP contribution in [0.5, 0.6) is 0 Å². The molecule has 0 aromatic heterocycles. The van der Waals surface area contributed by atoms with Crippen molar-refractivity contribution in [2.24, 2.45) is 5.92 Å². The third-order valence-electron chi connectivity index (χ3n) is 1.97. The van der Waals surface area contributed by atoms with E-state index >= 15 is 0 Å². The summed E-state index contributed by atoms with van der Waals surface area (Å²) < 4.78 is 0. The first-order valence-corrected chi connectivity index (χ1v) is 3.90. The Morgan fingerprint density at radius 2 is 2.15 bits per heavy atom. The Labute approximate surface area is 74.3 Å². The molecule has 72 valence electrons. The maximum Gasteiger partial charge on any atom is 0.327 e. The number of aliphatic carboxylic acids is 1. The second-order valence-corrected chi connectivity index (χ2v) is 2.79. The monoisotopic (exact) mass is 186 g/mol. The molecule has 6 nitrogen and oxygen atoms in total. The summed E-state index contributed by atoms with van der Waals surface area (Å²) in [5.74, 6) is -2.40. The van der Waals surface area contributed by atoms with E-state index in [2.05, 4.69) is 5.32 Å². The molecule has 1 fully saturated rings. The SMILES string of the molecule is CC[C@H]1C(=O)NC(=O)N[C@@H]1C(=O)O. The zero-order valence-electron chi connectivity index (χ0n) is 7.03. The van der Waals surface area contributed by atoms with Crippen molar-refractivity contribution < 1.29 is 19.5 Å². The van der Waals surface area contributed by atoms with Gasteiger partial charge in [0, 0.05) is 0 Å². The molecular weight excluding hydrogens is 176 g/mol. The smallest absolute Gasteiger partial charge is 0.327 e. The van der Waals surface area contributed by atoms with Gasteiger partial charge in [-0.25, -0.2) is 9.59 Å². The minimum absolute atomic E-state index is 0.378. The summed E-state index contributed by atoms with van der Waals surface area (Å²) in [6.45, 7) is 1.69. The molecule has 0 radical (unpaired) electrons. The zero-order valence-corrected chi connectivity index (χ0v) is 7.03. The van der Waals surface area contributed by atoms with Crippen LogP contribution in [0.25, 0.3) is 0 Å². The van der Waals surface area contributed by atoms with Gasteiger partial charge in [0.15, 0.2) is 0 Å². The van der Waals surface area contributed by atoms with Gasteiger partial charge in [-0.05, 0) is 6.42 Å². The molecule has 0 bridgehead atoms. The molecule has 3 N–H and O–H groups in total. The van der Waals surface area contributed by atoms with Gasteiger partial charge in [0.25, 0.3) is 0 Å². The Balaban J connectivity index is 2.83. The first-order valence-electron chi connectivity index (χ1n) is 3.90. The number of hydrogen-bond donors (Lipinski definition) is 3. The highest BCUT2D eigenvalue weighted by Crippen LogP contribution is 2.12. The molecule has 1 saturated heterocycles. The molecule has 0 aliphatic carbocycles. The lowest BCUT2D eigenvalue weighted by Gasteiger charge is -2.27. The number of urea groups is 1. The summed E-state index contributed by atoms with van der Waals surface area (Å²) in [6.07, 6.45) is 0.378. The third-order valence-corrected chi connectivity index (χ3v) is 1.97. The predicted octanol–water partition coefficient (Wildman–Crippen LogP) is -0.695. The summed E-state index contributed by atoms with van der Waals surface area (Å²) >= 11 is 0. The van der Waals surface area contributed by atoms with Gasteiger partial charge < -0.3 is 10.4 Å². The van der Waals surface area contributed by atoms with Gasteiger partial charge in [-0.1, -0.05) is 6.92 Å². The van der Waals surface area contributed by atoms with Gasteiger partial charge in [0.05, 0.1) is 5.92 Å². The summed E-state index contributed by atoms with van der Waals surface area (Å²) in [7, 11) is 0. The highest BCUT2D eigenvalue weighted by Gasteiger charge is 2.38. The molecule has 2 atom stereocenters. The molecule has 0 unspecified atom stereocenters. The van der Waals surface area contributed by atoms with Crippen molar-refractivity contribution in [3.63, 3.8) is 0 Å². The van der Waals surface area contributed by atoms with Crippen molar-refractivity contribution in [3.05, 3.63) is 0 Å². The van der Waals surface area contributed by atoms with E-state index in [0.29, 0.717) is 6.42 Å². The van der Waals surface area contributed by atoms with Crippen LogP contribution < -0.4 is 10.6 Å². The third kappa shape index (κ3) is 1.77. The molecule has 1 heterocycles. The van der Waals surface area contributed by atoms with Crippen LogP contribution in [-0.2, 0) is 9.59 Å². The van der Waals surface area contributed by atoms with Gasteiger partial charge in [-0.3, -0.25) is 10.1 Å². The van der Waals surface area contributed by atoms with E-state index in [4.69, 9.17) is 5.11 Å². The second kappa shape index (κ2) is 3.42. The molecule has 1 aliphatic rings. The van der Waals surface area contributed by atoms with E-state index in [1.807, 2.05) is 5.32 Å². The number of amides is 3. The Morgan fingerprint density at radius 3 is 2.62 bits per heavy atom. The normalized spacial score (nSPS) is 27.8. The van der Waals surface area contributed by atoms with Gasteiger partial charge >= 0.3 is 12.0 Å². The lowest BCUT2D eigenvalue weighted by molar-refractivity contribution is -0.144. The molecule has 3 amide bonds. The fraction of sp³-hybridized carbons (Fsp3) is 0.571. The van der Waals surface area contributed by atoms with E-state index < -0.39 is 29.9 Å². The first-order chi connectivity index (χ1) is 6.06.